The molecule has 0 aromatic carbocycles. The molecule has 2 saturated heterocycles. The van der Waals surface area contributed by atoms with E-state index in [1.807, 2.05) is 12.4 Å². The topological polar surface area (TPSA) is 36.4 Å². The zero-order valence-corrected chi connectivity index (χ0v) is 13.2. The summed E-state index contributed by atoms with van der Waals surface area (Å²) in [5.41, 5.74) is 1.69. The zero-order valence-electron chi connectivity index (χ0n) is 13.2. The molecule has 0 bridgehead atoms. The number of aromatic nitrogens is 1. The second kappa shape index (κ2) is 5.65. The Morgan fingerprint density at radius 2 is 2.00 bits per heavy atom. The average Bonchev–Trinajstić information content (AvgIpc) is 3.36. The van der Waals surface area contributed by atoms with Gasteiger partial charge in [0.05, 0.1) is 0 Å². The van der Waals surface area contributed by atoms with Crippen molar-refractivity contribution in [2.24, 2.45) is 5.41 Å². The number of rotatable bonds is 3. The number of piperidine rings is 2. The molecule has 1 aliphatic carbocycles. The lowest BCUT2D eigenvalue weighted by Gasteiger charge is -2.48. The summed E-state index contributed by atoms with van der Waals surface area (Å²) in [5.74, 6) is 0.402. The molecule has 1 aromatic heterocycles. The van der Waals surface area contributed by atoms with Gasteiger partial charge >= 0.3 is 0 Å². The molecule has 3 aliphatic rings. The van der Waals surface area contributed by atoms with Crippen molar-refractivity contribution in [3.05, 3.63) is 30.1 Å². The number of hydrogen-bond donors (Lipinski definition) is 0. The fourth-order valence-electron chi connectivity index (χ4n) is 4.29. The number of pyridine rings is 1. The van der Waals surface area contributed by atoms with E-state index in [4.69, 9.17) is 0 Å². The lowest BCUT2D eigenvalue weighted by atomic mass is 9.73. The Morgan fingerprint density at radius 3 is 2.77 bits per heavy atom. The standard InChI is InChI=1S/C18H25N3O/c22-17-4-8-18(14-21(17)16-2-3-16)7-1-11-20(13-18)12-15-5-9-19-10-6-15/h5-6,9-10,16H,1-4,7-8,11-14H2. The van der Waals surface area contributed by atoms with Crippen LogP contribution in [0.2, 0.25) is 0 Å². The van der Waals surface area contributed by atoms with Crippen molar-refractivity contribution in [3.8, 4) is 0 Å². The Hall–Kier alpha value is -1.42. The van der Waals surface area contributed by atoms with Gasteiger partial charge in [0, 0.05) is 49.9 Å². The molecule has 1 atom stereocenters. The molecule has 3 heterocycles. The quantitative estimate of drug-likeness (QED) is 0.860. The van der Waals surface area contributed by atoms with Gasteiger partial charge in [-0.1, -0.05) is 0 Å². The minimum absolute atomic E-state index is 0.349. The number of nitrogens with zero attached hydrogens (tertiary/aromatic N) is 3. The van der Waals surface area contributed by atoms with E-state index in [2.05, 4.69) is 26.9 Å². The first-order valence-corrected chi connectivity index (χ1v) is 8.65. The van der Waals surface area contributed by atoms with E-state index in [0.29, 0.717) is 17.4 Å². The van der Waals surface area contributed by atoms with Crippen LogP contribution in [0.15, 0.2) is 24.5 Å². The van der Waals surface area contributed by atoms with Gasteiger partial charge in [0.15, 0.2) is 0 Å². The van der Waals surface area contributed by atoms with Crippen LogP contribution < -0.4 is 0 Å². The lowest BCUT2D eigenvalue weighted by molar-refractivity contribution is -0.140. The van der Waals surface area contributed by atoms with Gasteiger partial charge in [-0.25, -0.2) is 0 Å². The van der Waals surface area contributed by atoms with Gasteiger partial charge in [0.2, 0.25) is 5.91 Å². The van der Waals surface area contributed by atoms with Crippen molar-refractivity contribution in [3.63, 3.8) is 0 Å². The van der Waals surface area contributed by atoms with Gasteiger partial charge in [0.1, 0.15) is 0 Å². The Balaban J connectivity index is 1.44. The number of likely N-dealkylation sites (tertiary alicyclic amines) is 2. The minimum Gasteiger partial charge on any atom is -0.339 e. The molecule has 1 aromatic rings. The summed E-state index contributed by atoms with van der Waals surface area (Å²) in [4.78, 5) is 21.1. The normalized spacial score (nSPS) is 30.0. The molecular weight excluding hydrogens is 274 g/mol. The first-order valence-electron chi connectivity index (χ1n) is 8.65. The van der Waals surface area contributed by atoms with E-state index in [9.17, 15) is 4.79 Å². The number of hydrogen-bond acceptors (Lipinski definition) is 3. The fraction of sp³-hybridized carbons (Fsp3) is 0.667. The maximum atomic E-state index is 12.2. The SMILES string of the molecule is O=C1CCC2(CCCN(Cc3ccncc3)C2)CN1C1CC1. The highest BCUT2D eigenvalue weighted by atomic mass is 16.2. The molecule has 4 heteroatoms. The van der Waals surface area contributed by atoms with Crippen LogP contribution >= 0.6 is 0 Å². The number of carbonyl (C=O) groups excluding carboxylic acids is 1. The fourth-order valence-corrected chi connectivity index (χ4v) is 4.29. The van der Waals surface area contributed by atoms with E-state index in [1.54, 1.807) is 0 Å². The molecule has 4 rings (SSSR count). The maximum Gasteiger partial charge on any atom is 0.222 e. The summed E-state index contributed by atoms with van der Waals surface area (Å²) >= 11 is 0. The molecular formula is C18H25N3O. The molecule has 1 spiro atoms. The summed E-state index contributed by atoms with van der Waals surface area (Å²) in [6.45, 7) is 4.35. The average molecular weight is 299 g/mol. The highest BCUT2D eigenvalue weighted by molar-refractivity contribution is 5.78. The van der Waals surface area contributed by atoms with Crippen molar-refractivity contribution < 1.29 is 4.79 Å². The molecule has 1 saturated carbocycles. The third-order valence-electron chi connectivity index (χ3n) is 5.58. The largest absolute Gasteiger partial charge is 0.339 e. The van der Waals surface area contributed by atoms with Gasteiger partial charge < -0.3 is 4.90 Å². The van der Waals surface area contributed by atoms with Crippen molar-refractivity contribution >= 4 is 5.91 Å². The van der Waals surface area contributed by atoms with Crippen LogP contribution in [0.25, 0.3) is 0 Å². The van der Waals surface area contributed by atoms with Crippen LogP contribution in [0.3, 0.4) is 0 Å². The van der Waals surface area contributed by atoms with Gasteiger partial charge in [-0.3, -0.25) is 14.7 Å². The molecule has 118 valence electrons. The Morgan fingerprint density at radius 1 is 1.18 bits per heavy atom. The van der Waals surface area contributed by atoms with Crippen LogP contribution in [-0.4, -0.2) is 46.4 Å². The van der Waals surface area contributed by atoms with Gasteiger partial charge in [0.25, 0.3) is 0 Å². The smallest absolute Gasteiger partial charge is 0.222 e. The van der Waals surface area contributed by atoms with Crippen LogP contribution in [0, 0.1) is 5.41 Å². The maximum absolute atomic E-state index is 12.2. The first-order chi connectivity index (χ1) is 10.7. The zero-order chi connectivity index (χ0) is 15.0. The Kier molecular flexibility index (Phi) is 3.65. The number of amides is 1. The van der Waals surface area contributed by atoms with Gasteiger partial charge in [-0.05, 0) is 56.3 Å². The van der Waals surface area contributed by atoms with Crippen molar-refractivity contribution in [1.29, 1.82) is 0 Å². The van der Waals surface area contributed by atoms with E-state index in [1.165, 1.54) is 37.8 Å². The van der Waals surface area contributed by atoms with Crippen LogP contribution in [0.5, 0.6) is 0 Å². The first kappa shape index (κ1) is 14.2. The summed E-state index contributed by atoms with van der Waals surface area (Å²) < 4.78 is 0. The molecule has 1 amide bonds. The molecule has 22 heavy (non-hydrogen) atoms. The van der Waals surface area contributed by atoms with E-state index in [-0.39, 0.29) is 0 Å². The predicted molar refractivity (Wildman–Crippen MR) is 85.2 cm³/mol. The summed E-state index contributed by atoms with van der Waals surface area (Å²) in [6, 6.07) is 4.80. The number of carbonyl (C=O) groups is 1. The summed E-state index contributed by atoms with van der Waals surface area (Å²) in [7, 11) is 0. The summed E-state index contributed by atoms with van der Waals surface area (Å²) in [5, 5.41) is 0. The van der Waals surface area contributed by atoms with E-state index >= 15 is 0 Å². The third-order valence-corrected chi connectivity index (χ3v) is 5.58. The molecule has 1 unspecified atom stereocenters. The molecule has 0 radical (unpaired) electrons. The lowest BCUT2D eigenvalue weighted by Crippen LogP contribution is -2.54. The Labute approximate surface area is 132 Å². The van der Waals surface area contributed by atoms with Gasteiger partial charge in [-0.15, -0.1) is 0 Å². The Bertz CT molecular complexity index is 543. The second-order valence-corrected chi connectivity index (χ2v) is 7.42. The van der Waals surface area contributed by atoms with Crippen molar-refractivity contribution in [2.75, 3.05) is 19.6 Å². The van der Waals surface area contributed by atoms with Crippen molar-refractivity contribution in [1.82, 2.24) is 14.8 Å². The van der Waals surface area contributed by atoms with Crippen molar-refractivity contribution in [2.45, 2.75) is 51.1 Å². The monoisotopic (exact) mass is 299 g/mol. The van der Waals surface area contributed by atoms with Crippen LogP contribution in [0.4, 0.5) is 0 Å². The second-order valence-electron chi connectivity index (χ2n) is 7.42. The van der Waals surface area contributed by atoms with Crippen LogP contribution in [0.1, 0.15) is 44.1 Å². The van der Waals surface area contributed by atoms with Gasteiger partial charge in [-0.2, -0.15) is 0 Å². The highest BCUT2D eigenvalue weighted by Crippen LogP contribution is 2.42. The predicted octanol–water partition coefficient (Wildman–Crippen LogP) is 2.45. The van der Waals surface area contributed by atoms with E-state index in [0.717, 1.165) is 32.5 Å². The molecule has 0 N–H and O–H groups in total. The van der Waals surface area contributed by atoms with E-state index < -0.39 is 0 Å². The highest BCUT2D eigenvalue weighted by Gasteiger charge is 2.45. The van der Waals surface area contributed by atoms with Crippen LogP contribution in [-0.2, 0) is 11.3 Å². The minimum atomic E-state index is 0.349. The molecule has 3 fully saturated rings. The molecule has 4 nitrogen and oxygen atoms in total. The summed E-state index contributed by atoms with van der Waals surface area (Å²) in [6.07, 6.45) is 10.6. The third kappa shape index (κ3) is 2.89. The molecule has 2 aliphatic heterocycles.